The van der Waals surface area contributed by atoms with Gasteiger partial charge in [0, 0.05) is 0 Å². The summed E-state index contributed by atoms with van der Waals surface area (Å²) < 4.78 is 5.67. The molecule has 0 amide bonds. The van der Waals surface area contributed by atoms with Crippen molar-refractivity contribution >= 4 is 17.5 Å². The zero-order chi connectivity index (χ0) is 20.3. The standard InChI is InChI=1S/C20H17O4.C5H5.Fe/c1-4-18(22)20(17-12-8-9-13-17,16-10-6-5-7-11-16)19(23)24-15(3)14(2)21;1-2-4-5-3-1;/h1,5-13,15H,2-3H3;1-5H;. The van der Waals surface area contributed by atoms with Crippen LogP contribution in [0.4, 0.5) is 0 Å². The van der Waals surface area contributed by atoms with E-state index in [0.29, 0.717) is 9.63 Å². The Labute approximate surface area is 164 Å². The van der Waals surface area contributed by atoms with Gasteiger partial charge in [-0.3, -0.25) is 0 Å². The number of ether oxygens (including phenoxy) is 1. The molecule has 10 fully saturated rings. The third-order valence-electron chi connectivity index (χ3n) is 18.1. The number of carbonyl (C=O) groups is 3. The Morgan fingerprint density at radius 1 is 1.03 bits per heavy atom. The normalized spacial score (nSPS) is 75.0. The summed E-state index contributed by atoms with van der Waals surface area (Å²) in [5, 5.41) is 0. The second-order valence-corrected chi connectivity index (χ2v) is 37.5. The molecule has 5 heteroatoms. The van der Waals surface area contributed by atoms with Crippen LogP contribution in [0.15, 0.2) is 30.3 Å². The first-order valence-electron chi connectivity index (χ1n) is 11.1. The van der Waals surface area contributed by atoms with E-state index in [1.165, 1.54) is 6.92 Å². The van der Waals surface area contributed by atoms with Crippen LogP contribution >= 0.6 is 0 Å². The van der Waals surface area contributed by atoms with Crippen LogP contribution in [0.2, 0.25) is 47.7 Å². The van der Waals surface area contributed by atoms with Crippen LogP contribution in [0.1, 0.15) is 19.4 Å². The predicted molar refractivity (Wildman–Crippen MR) is 105 cm³/mol. The Bertz CT molecular complexity index is 1580. The molecule has 10 saturated heterocycles. The number of benzene rings is 1. The van der Waals surface area contributed by atoms with Gasteiger partial charge in [0.1, 0.15) is 0 Å². The van der Waals surface area contributed by atoms with Crippen LogP contribution in [-0.4, -0.2) is 23.6 Å². The van der Waals surface area contributed by atoms with Gasteiger partial charge < -0.3 is 0 Å². The number of hydrogen-bond acceptors (Lipinski definition) is 4. The van der Waals surface area contributed by atoms with Gasteiger partial charge in [0.15, 0.2) is 0 Å². The number of rotatable bonds is 6. The molecule has 10 aliphatic heterocycles. The van der Waals surface area contributed by atoms with Gasteiger partial charge in [-0.05, 0) is 0 Å². The van der Waals surface area contributed by atoms with E-state index in [9.17, 15) is 14.4 Å². The quantitative estimate of drug-likeness (QED) is 0.215. The molecule has 1 aromatic rings. The summed E-state index contributed by atoms with van der Waals surface area (Å²) in [7, 11) is 0. The molecule has 154 valence electrons. The molecule has 0 aromatic heterocycles. The van der Waals surface area contributed by atoms with E-state index in [2.05, 4.69) is 5.92 Å². The number of carbonyl (C=O) groups excluding carboxylic acids is 3. The summed E-state index contributed by atoms with van der Waals surface area (Å²) in [6.07, 6.45) is 4.95. The molecule has 1 aromatic carbocycles. The first-order chi connectivity index (χ1) is 14.1. The van der Waals surface area contributed by atoms with E-state index in [4.69, 9.17) is 11.2 Å². The average molecular weight is 442 g/mol. The van der Waals surface area contributed by atoms with Crippen LogP contribution in [0.5, 0.6) is 0 Å². The van der Waals surface area contributed by atoms with Gasteiger partial charge in [0.05, 0.1) is 0 Å². The van der Waals surface area contributed by atoms with Gasteiger partial charge in [0.25, 0.3) is 0 Å². The fourth-order valence-electron chi connectivity index (χ4n) is 19.3. The van der Waals surface area contributed by atoms with Crippen molar-refractivity contribution in [1.29, 1.82) is 0 Å². The van der Waals surface area contributed by atoms with Crippen LogP contribution in [0, 0.1) is 12.3 Å². The molecule has 0 bridgehead atoms. The Morgan fingerprint density at radius 2 is 1.57 bits per heavy atom. The van der Waals surface area contributed by atoms with E-state index >= 15 is 0 Å². The first-order valence-corrected chi connectivity index (χ1v) is 17.4. The van der Waals surface area contributed by atoms with Gasteiger partial charge in [0.2, 0.25) is 0 Å². The topological polar surface area (TPSA) is 60.4 Å². The van der Waals surface area contributed by atoms with Crippen LogP contribution in [0.25, 0.3) is 0 Å². The number of esters is 1. The van der Waals surface area contributed by atoms with E-state index in [1.807, 2.05) is 30.3 Å². The summed E-state index contributed by atoms with van der Waals surface area (Å²) in [4.78, 5) is 47.9. The molecule has 30 heavy (non-hydrogen) atoms. The van der Waals surface area contributed by atoms with E-state index in [1.54, 1.807) is 6.92 Å². The number of terminal acetylenes is 1. The summed E-state index contributed by atoms with van der Waals surface area (Å²) in [6, 6.07) is 9.56. The predicted octanol–water partition coefficient (Wildman–Crippen LogP) is 4.41. The fourth-order valence-corrected chi connectivity index (χ4v) is 94.3. The Kier molecular flexibility index (Phi) is 0.808. The van der Waals surface area contributed by atoms with E-state index < -0.39 is 29.8 Å². The maximum atomic E-state index is 14.2. The van der Waals surface area contributed by atoms with Crippen molar-refractivity contribution in [1.82, 2.24) is 0 Å². The monoisotopic (exact) mass is 442 g/mol. The molecule has 0 aliphatic carbocycles. The molecule has 1 spiro atoms. The molecule has 6 atom stereocenters. The van der Waals surface area contributed by atoms with Gasteiger partial charge >= 0.3 is 164 Å². The zero-order valence-corrected chi connectivity index (χ0v) is 17.8. The minimum atomic E-state index is -3.97. The number of Topliss-reactive ketones (excluding diaryl/α,β-unsaturated/α-hetero) is 2. The van der Waals surface area contributed by atoms with Crippen molar-refractivity contribution in [2.24, 2.45) is 0 Å². The summed E-state index contributed by atoms with van der Waals surface area (Å²) >= 11 is 0. The van der Waals surface area contributed by atoms with Crippen molar-refractivity contribution in [3.63, 3.8) is 0 Å². The number of fused-ring (bicyclic) bond motifs is 10. The molecule has 0 saturated carbocycles. The van der Waals surface area contributed by atoms with Crippen molar-refractivity contribution in [3.05, 3.63) is 35.9 Å². The molecular weight excluding hydrogens is 420 g/mol. The third kappa shape index (κ3) is 0.251. The Morgan fingerprint density at radius 3 is 1.93 bits per heavy atom. The van der Waals surface area contributed by atoms with E-state index in [0.717, 1.165) is 39.3 Å². The Hall–Kier alpha value is -1.89. The van der Waals surface area contributed by atoms with E-state index in [-0.39, 0.29) is 10.1 Å². The zero-order valence-electron chi connectivity index (χ0n) is 16.7. The summed E-state index contributed by atoms with van der Waals surface area (Å²) in [5.41, 5.74) is -0.636. The molecule has 0 N–H and O–H groups in total. The van der Waals surface area contributed by atoms with Crippen molar-refractivity contribution in [2.45, 2.75) is 73.0 Å². The maximum absolute atomic E-state index is 14.2. The second-order valence-electron chi connectivity index (χ2n) is 13.9. The molecular formula is C25H22FeO4. The fraction of sp³-hybridized carbons (Fsp3) is 0.560. The van der Waals surface area contributed by atoms with Crippen LogP contribution in [-0.2, 0) is 31.0 Å². The van der Waals surface area contributed by atoms with Crippen molar-refractivity contribution in [3.8, 4) is 12.3 Å². The van der Waals surface area contributed by atoms with Crippen LogP contribution < -0.4 is 0 Å². The van der Waals surface area contributed by atoms with Gasteiger partial charge in [-0.15, -0.1) is 0 Å². The van der Waals surface area contributed by atoms with Gasteiger partial charge in [-0.2, -0.15) is 0 Å². The number of hydrogen-bond donors (Lipinski definition) is 0. The molecule has 10 heterocycles. The molecule has 0 radical (unpaired) electrons. The third-order valence-corrected chi connectivity index (χ3v) is 60.6. The SMILES string of the molecule is C#CC(=O)C(C(=O)OC(C)C(C)=O)(c1ccccc1)[C]12[CH]3[CH]4[CH]5[CH]1[Fe]45321678[CH]2[CH]1[CH]6[CH]7[CH]28. The minimum absolute atomic E-state index is 0.148. The molecule has 6 unspecified atom stereocenters. The summed E-state index contributed by atoms with van der Waals surface area (Å²) in [6.45, 7) is -0.934. The first kappa shape index (κ1) is 14.2. The van der Waals surface area contributed by atoms with Crippen LogP contribution in [0.3, 0.4) is 0 Å². The van der Waals surface area contributed by atoms with Crippen molar-refractivity contribution < 1.29 is 25.6 Å². The van der Waals surface area contributed by atoms with Crippen molar-refractivity contribution in [2.75, 3.05) is 0 Å². The second kappa shape index (κ2) is 1.71. The Balaban J connectivity index is 1.27. The molecule has 10 aliphatic rings. The average Bonchev–Trinajstić information content (AvgIpc) is 3.68. The molecule has 4 nitrogen and oxygen atoms in total. The van der Waals surface area contributed by atoms with Gasteiger partial charge in [-0.25, -0.2) is 0 Å². The molecule has 11 rings (SSSR count). The summed E-state index contributed by atoms with van der Waals surface area (Å²) in [5.74, 6) is 1.29. The van der Waals surface area contributed by atoms with Gasteiger partial charge in [-0.1, -0.05) is 0 Å². The number of ketones is 2.